The fourth-order valence-electron chi connectivity index (χ4n) is 6.09. The maximum atomic E-state index is 13.7. The first-order chi connectivity index (χ1) is 28.2. The summed E-state index contributed by atoms with van der Waals surface area (Å²) in [5.41, 5.74) is 1.35. The van der Waals surface area contributed by atoms with E-state index in [2.05, 4.69) is 12.1 Å². The number of nitriles is 2. The van der Waals surface area contributed by atoms with E-state index in [9.17, 15) is 20.2 Å². The second-order valence-corrected chi connectivity index (χ2v) is 16.8. The highest BCUT2D eigenvalue weighted by molar-refractivity contribution is 7.49. The number of benzene rings is 4. The maximum absolute atomic E-state index is 13.7. The van der Waals surface area contributed by atoms with Crippen molar-refractivity contribution in [2.75, 3.05) is 28.4 Å². The van der Waals surface area contributed by atoms with Crippen LogP contribution in [0.15, 0.2) is 73.1 Å². The van der Waals surface area contributed by atoms with Gasteiger partial charge in [0.15, 0.2) is 23.0 Å². The number of aromatic nitrogens is 2. The van der Waals surface area contributed by atoms with Crippen LogP contribution in [0.3, 0.4) is 0 Å². The van der Waals surface area contributed by atoms with Crippen LogP contribution in [0.1, 0.15) is 52.7 Å². The van der Waals surface area contributed by atoms with Gasteiger partial charge < -0.3 is 47.2 Å². The minimum atomic E-state index is -4.11. The van der Waals surface area contributed by atoms with Gasteiger partial charge in [-0.25, -0.2) is 4.57 Å². The van der Waals surface area contributed by atoms with Gasteiger partial charge in [0.05, 0.1) is 50.8 Å². The van der Waals surface area contributed by atoms with E-state index in [0.717, 1.165) is 21.8 Å². The highest BCUT2D eigenvalue weighted by Crippen LogP contribution is 2.59. The monoisotopic (exact) mass is 840 g/mol. The highest BCUT2D eigenvalue weighted by Gasteiger charge is 2.40. The van der Waals surface area contributed by atoms with E-state index in [0.29, 0.717) is 34.1 Å². The average Bonchev–Trinajstić information content (AvgIpc) is 3.68. The Morgan fingerprint density at radius 3 is 1.28 bits per heavy atom. The molecule has 0 aliphatic heterocycles. The van der Waals surface area contributed by atoms with Crippen LogP contribution in [0, 0.1) is 22.7 Å². The molecule has 60 heavy (non-hydrogen) atoms. The van der Waals surface area contributed by atoms with Crippen LogP contribution in [-0.2, 0) is 27.7 Å². The molecule has 0 atom stereocenters. The summed E-state index contributed by atoms with van der Waals surface area (Å²) >= 11 is 0. The Labute approximate surface area is 349 Å². The number of fused-ring (bicyclic) bond motifs is 2. The quantitative estimate of drug-likeness (QED) is 0.115. The summed E-state index contributed by atoms with van der Waals surface area (Å²) in [6.07, 6.45) is 3.55. The number of rotatable bonds is 12. The van der Waals surface area contributed by atoms with Crippen LogP contribution in [0.4, 0.5) is 0 Å². The van der Waals surface area contributed by atoms with Gasteiger partial charge in [-0.3, -0.25) is 9.05 Å². The summed E-state index contributed by atoms with van der Waals surface area (Å²) < 4.78 is 68.0. The van der Waals surface area contributed by atoms with Crippen LogP contribution >= 0.6 is 7.82 Å². The number of nitrogens with zero attached hydrogens (tertiary/aromatic N) is 4. The Bertz CT molecular complexity index is 2590. The number of hydrogen-bond donors (Lipinski definition) is 1. The number of phosphoric acid groups is 1. The lowest BCUT2D eigenvalue weighted by atomic mass is 10.2. The zero-order chi connectivity index (χ0) is 44.2. The van der Waals surface area contributed by atoms with E-state index in [1.54, 1.807) is 96.4 Å². The Morgan fingerprint density at radius 1 is 0.583 bits per heavy atom. The first kappa shape index (κ1) is 44.6. The standard InChI is InChI=1S/C26H33N2O7P.C18H16N2O4/c1-25(2,3)34-36(29,35-26(4,5)6)33-24-22(30-8)13-19(14-23(24)31-9)32-18-10-11-21-20(12-18)17(15-27)16-28(21)7;1-20-10-11(9-19)14-6-12(4-5-15(14)20)24-13-7-16(22-2)18(21)17(8-13)23-3/h10-14,16H,1-9H3;4-8,10,21H,1-3H3. The van der Waals surface area contributed by atoms with Crippen molar-refractivity contribution in [1.29, 1.82) is 10.5 Å². The number of phosphoric ester groups is 1. The molecule has 16 heteroatoms. The third-order valence-corrected chi connectivity index (χ3v) is 10.4. The van der Waals surface area contributed by atoms with Crippen molar-refractivity contribution in [3.63, 3.8) is 0 Å². The summed E-state index contributed by atoms with van der Waals surface area (Å²) in [6.45, 7) is 10.5. The molecule has 316 valence electrons. The fourth-order valence-corrected chi connectivity index (χ4v) is 7.95. The molecule has 6 aromatic rings. The van der Waals surface area contributed by atoms with E-state index in [4.69, 9.17) is 42.0 Å². The predicted molar refractivity (Wildman–Crippen MR) is 226 cm³/mol. The van der Waals surface area contributed by atoms with Crippen LogP contribution in [0.2, 0.25) is 0 Å². The lowest BCUT2D eigenvalue weighted by molar-refractivity contribution is 0.0216. The largest absolute Gasteiger partial charge is 0.531 e. The lowest BCUT2D eigenvalue weighted by Crippen LogP contribution is -2.25. The Balaban J connectivity index is 0.000000246. The van der Waals surface area contributed by atoms with Crippen LogP contribution in [0.5, 0.6) is 57.5 Å². The number of phenolic OH excluding ortho intramolecular Hbond substituents is 1. The minimum Gasteiger partial charge on any atom is -0.502 e. The molecule has 0 saturated heterocycles. The number of aryl methyl sites for hydroxylation is 2. The molecule has 2 aromatic heterocycles. The minimum absolute atomic E-state index is 0.0504. The summed E-state index contributed by atoms with van der Waals surface area (Å²) in [7, 11) is 5.45. The molecular weight excluding hydrogens is 791 g/mol. The summed E-state index contributed by atoms with van der Waals surface area (Å²) in [6, 6.07) is 21.6. The van der Waals surface area contributed by atoms with Gasteiger partial charge in [0.1, 0.15) is 35.1 Å². The normalized spacial score (nSPS) is 11.6. The molecule has 4 aromatic carbocycles. The Hall–Kier alpha value is -6.51. The molecule has 0 unspecified atom stereocenters. The van der Waals surface area contributed by atoms with Crippen molar-refractivity contribution >= 4 is 29.6 Å². The lowest BCUT2D eigenvalue weighted by Gasteiger charge is -2.31. The maximum Gasteiger partial charge on any atom is 0.531 e. The molecule has 0 aliphatic carbocycles. The topological polar surface area (TPSA) is 178 Å². The van der Waals surface area contributed by atoms with E-state index in [1.807, 2.05) is 41.4 Å². The van der Waals surface area contributed by atoms with Crippen molar-refractivity contribution in [2.24, 2.45) is 14.1 Å². The molecule has 0 saturated carbocycles. The number of phenols is 1. The van der Waals surface area contributed by atoms with Crippen molar-refractivity contribution in [2.45, 2.75) is 52.7 Å². The van der Waals surface area contributed by atoms with Gasteiger partial charge in [0.2, 0.25) is 11.5 Å². The molecular formula is C44H49N4O11P. The number of ether oxygens (including phenoxy) is 6. The van der Waals surface area contributed by atoms with Gasteiger partial charge in [-0.2, -0.15) is 10.5 Å². The van der Waals surface area contributed by atoms with Crippen LogP contribution in [-0.4, -0.2) is 53.9 Å². The van der Waals surface area contributed by atoms with Gasteiger partial charge in [0, 0.05) is 72.6 Å². The van der Waals surface area contributed by atoms with E-state index in [1.165, 1.54) is 28.4 Å². The summed E-state index contributed by atoms with van der Waals surface area (Å²) in [5.74, 6) is 2.80. The second-order valence-electron chi connectivity index (χ2n) is 15.4. The molecule has 0 spiro atoms. The third kappa shape index (κ3) is 10.4. The smallest absolute Gasteiger partial charge is 0.502 e. The van der Waals surface area contributed by atoms with Gasteiger partial charge in [0.25, 0.3) is 0 Å². The molecule has 1 N–H and O–H groups in total. The molecule has 2 heterocycles. The third-order valence-electron chi connectivity index (χ3n) is 8.50. The number of aromatic hydroxyl groups is 1. The van der Waals surface area contributed by atoms with Gasteiger partial charge in [-0.1, -0.05) is 0 Å². The van der Waals surface area contributed by atoms with Crippen LogP contribution < -0.4 is 32.9 Å². The highest BCUT2D eigenvalue weighted by atomic mass is 31.2. The first-order valence-electron chi connectivity index (χ1n) is 18.5. The zero-order valence-electron chi connectivity index (χ0n) is 35.7. The van der Waals surface area contributed by atoms with Gasteiger partial charge in [-0.15, -0.1) is 0 Å². The average molecular weight is 841 g/mol. The Kier molecular flexibility index (Phi) is 13.2. The fraction of sp³-hybridized carbons (Fsp3) is 0.318. The molecule has 0 bridgehead atoms. The van der Waals surface area contributed by atoms with Crippen molar-refractivity contribution < 1.29 is 51.7 Å². The molecule has 0 aliphatic rings. The molecule has 0 fully saturated rings. The van der Waals surface area contributed by atoms with Gasteiger partial charge >= 0.3 is 7.82 Å². The summed E-state index contributed by atoms with van der Waals surface area (Å²) in [5, 5.41) is 30.2. The van der Waals surface area contributed by atoms with E-state index >= 15 is 0 Å². The first-order valence-corrected chi connectivity index (χ1v) is 20.0. The predicted octanol–water partition coefficient (Wildman–Crippen LogP) is 10.5. The number of hydrogen-bond acceptors (Lipinski definition) is 13. The van der Waals surface area contributed by atoms with E-state index in [-0.39, 0.29) is 34.5 Å². The summed E-state index contributed by atoms with van der Waals surface area (Å²) in [4.78, 5) is 0. The van der Waals surface area contributed by atoms with Gasteiger partial charge in [-0.05, 0) is 77.9 Å². The van der Waals surface area contributed by atoms with Crippen LogP contribution in [0.25, 0.3) is 21.8 Å². The molecule has 6 rings (SSSR count). The Morgan fingerprint density at radius 2 is 0.950 bits per heavy atom. The SMILES string of the molecule is COc1cc(Oc2ccc3c(c2)c(C#N)cn3C)cc(OC)c1O.COc1cc(Oc2ccc3c(c2)c(C#N)cn3C)cc(OC)c1OP(=O)(OC(C)(C)C)OC(C)(C)C. The number of methoxy groups -OCH3 is 4. The molecule has 0 amide bonds. The van der Waals surface area contributed by atoms with Crippen molar-refractivity contribution in [3.05, 3.63) is 84.2 Å². The molecule has 0 radical (unpaired) electrons. The zero-order valence-corrected chi connectivity index (χ0v) is 36.6. The van der Waals surface area contributed by atoms with Crippen molar-refractivity contribution in [3.8, 4) is 69.6 Å². The second kappa shape index (κ2) is 17.8. The van der Waals surface area contributed by atoms with E-state index < -0.39 is 19.0 Å². The molecule has 15 nitrogen and oxygen atoms in total. The van der Waals surface area contributed by atoms with Crippen molar-refractivity contribution in [1.82, 2.24) is 9.13 Å².